The van der Waals surface area contributed by atoms with E-state index in [1.807, 2.05) is 30.3 Å². The molecule has 2 rings (SSSR count). The van der Waals surface area contributed by atoms with E-state index in [2.05, 4.69) is 17.0 Å². The second kappa shape index (κ2) is 7.04. The summed E-state index contributed by atoms with van der Waals surface area (Å²) in [4.78, 5) is 9.76. The first-order valence-corrected chi connectivity index (χ1v) is 5.55. The number of hydrogen-bond acceptors (Lipinski definition) is 4. The molecule has 1 aliphatic rings. The molecule has 94 valence electrons. The molecule has 4 nitrogen and oxygen atoms in total. The highest BCUT2D eigenvalue weighted by Gasteiger charge is 2.30. The molecule has 0 atom stereocenters. The summed E-state index contributed by atoms with van der Waals surface area (Å²) < 4.78 is 9.65. The van der Waals surface area contributed by atoms with Crippen molar-refractivity contribution >= 4 is 6.47 Å². The summed E-state index contributed by atoms with van der Waals surface area (Å²) in [6, 6.07) is 9.55. The summed E-state index contributed by atoms with van der Waals surface area (Å²) in [5.74, 6) is 0. The van der Waals surface area contributed by atoms with Crippen molar-refractivity contribution in [1.29, 1.82) is 0 Å². The Morgan fingerprint density at radius 1 is 1.35 bits per heavy atom. The predicted molar refractivity (Wildman–Crippen MR) is 65.6 cm³/mol. The quantitative estimate of drug-likeness (QED) is 0.803. The third-order valence-corrected chi connectivity index (χ3v) is 2.65. The Morgan fingerprint density at radius 3 is 2.35 bits per heavy atom. The summed E-state index contributed by atoms with van der Waals surface area (Å²) in [7, 11) is 1.75. The van der Waals surface area contributed by atoms with Gasteiger partial charge in [-0.3, -0.25) is 4.79 Å². The van der Waals surface area contributed by atoms with Crippen molar-refractivity contribution in [3.63, 3.8) is 0 Å². The summed E-state index contributed by atoms with van der Waals surface area (Å²) in [5.41, 5.74) is 1.16. The first-order valence-electron chi connectivity index (χ1n) is 5.55. The molecule has 1 aliphatic heterocycles. The molecule has 0 aromatic heterocycles. The van der Waals surface area contributed by atoms with E-state index < -0.39 is 0 Å². The van der Waals surface area contributed by atoms with E-state index in [1.54, 1.807) is 7.11 Å². The van der Waals surface area contributed by atoms with E-state index in [4.69, 9.17) is 4.74 Å². The highest BCUT2D eigenvalue weighted by molar-refractivity contribution is 5.37. The molecular weight excluding hydrogens is 218 g/mol. The second-order valence-electron chi connectivity index (χ2n) is 4.15. The van der Waals surface area contributed by atoms with Crippen LogP contribution >= 0.6 is 0 Å². The van der Waals surface area contributed by atoms with Crippen LogP contribution in [0.5, 0.6) is 0 Å². The van der Waals surface area contributed by atoms with Crippen LogP contribution < -0.4 is 5.32 Å². The van der Waals surface area contributed by atoms with Crippen molar-refractivity contribution in [3.8, 4) is 0 Å². The van der Waals surface area contributed by atoms with Crippen molar-refractivity contribution in [1.82, 2.24) is 5.32 Å². The summed E-state index contributed by atoms with van der Waals surface area (Å²) in [6.45, 7) is 4.92. The second-order valence-corrected chi connectivity index (χ2v) is 4.15. The van der Waals surface area contributed by atoms with Crippen LogP contribution in [0.4, 0.5) is 0 Å². The van der Waals surface area contributed by atoms with Gasteiger partial charge in [0.05, 0.1) is 5.60 Å². The molecule has 0 radical (unpaired) electrons. The molecule has 1 N–H and O–H groups in total. The molecule has 1 saturated heterocycles. The standard InChI is InChI=1S/C8H8O2.C5H11NO/c9-7-10-6-8-4-2-1-3-5-8;1-5(7-2)3-6-4-5/h1-5,7H,6H2;6H,3-4H2,1-2H3. The van der Waals surface area contributed by atoms with Crippen LogP contribution in [0.1, 0.15) is 12.5 Å². The number of methoxy groups -OCH3 is 1. The zero-order valence-electron chi connectivity index (χ0n) is 10.3. The van der Waals surface area contributed by atoms with Crippen molar-refractivity contribution in [2.45, 2.75) is 19.1 Å². The smallest absolute Gasteiger partial charge is 0.293 e. The average molecular weight is 237 g/mol. The van der Waals surface area contributed by atoms with E-state index in [0.29, 0.717) is 13.1 Å². The Morgan fingerprint density at radius 2 is 2.00 bits per heavy atom. The molecule has 0 saturated carbocycles. The monoisotopic (exact) mass is 237 g/mol. The normalized spacial score (nSPS) is 16.1. The maximum atomic E-state index is 9.76. The first kappa shape index (κ1) is 13.7. The molecule has 0 spiro atoms. The zero-order chi connectivity index (χ0) is 12.6. The number of nitrogens with one attached hydrogen (secondary N) is 1. The summed E-state index contributed by atoms with van der Waals surface area (Å²) in [6.07, 6.45) is 0. The fraction of sp³-hybridized carbons (Fsp3) is 0.462. The molecule has 17 heavy (non-hydrogen) atoms. The topological polar surface area (TPSA) is 47.6 Å². The van der Waals surface area contributed by atoms with Crippen molar-refractivity contribution in [2.75, 3.05) is 20.2 Å². The minimum Gasteiger partial charge on any atom is -0.463 e. The number of rotatable bonds is 4. The van der Waals surface area contributed by atoms with Gasteiger partial charge in [0.25, 0.3) is 6.47 Å². The molecule has 1 fully saturated rings. The Hall–Kier alpha value is -1.39. The lowest BCUT2D eigenvalue weighted by Crippen LogP contribution is -2.58. The van der Waals surface area contributed by atoms with E-state index in [1.165, 1.54) is 0 Å². The van der Waals surface area contributed by atoms with Gasteiger partial charge in [0, 0.05) is 20.2 Å². The van der Waals surface area contributed by atoms with E-state index in [-0.39, 0.29) is 5.60 Å². The predicted octanol–water partition coefficient (Wildman–Crippen LogP) is 1.35. The number of carbonyl (C=O) groups excluding carboxylic acids is 1. The Labute approximate surface area is 102 Å². The largest absolute Gasteiger partial charge is 0.463 e. The molecular formula is C13H19NO3. The zero-order valence-corrected chi connectivity index (χ0v) is 10.3. The molecule has 1 aromatic rings. The van der Waals surface area contributed by atoms with Gasteiger partial charge in [-0.05, 0) is 12.5 Å². The van der Waals surface area contributed by atoms with E-state index in [9.17, 15) is 4.79 Å². The minimum absolute atomic E-state index is 0.153. The van der Waals surface area contributed by atoms with Crippen LogP contribution in [0.25, 0.3) is 0 Å². The van der Waals surface area contributed by atoms with Gasteiger partial charge in [-0.1, -0.05) is 30.3 Å². The maximum absolute atomic E-state index is 9.76. The lowest BCUT2D eigenvalue weighted by molar-refractivity contribution is -0.129. The molecule has 4 heteroatoms. The van der Waals surface area contributed by atoms with E-state index >= 15 is 0 Å². The lowest BCUT2D eigenvalue weighted by atomic mass is 10.0. The van der Waals surface area contributed by atoms with Gasteiger partial charge >= 0.3 is 0 Å². The number of carbonyl (C=O) groups is 1. The van der Waals surface area contributed by atoms with Gasteiger partial charge in [0.1, 0.15) is 6.61 Å². The van der Waals surface area contributed by atoms with Gasteiger partial charge in [-0.2, -0.15) is 0 Å². The van der Waals surface area contributed by atoms with Crippen molar-refractivity contribution in [2.24, 2.45) is 0 Å². The van der Waals surface area contributed by atoms with Crippen molar-refractivity contribution < 1.29 is 14.3 Å². The SMILES string of the molecule is COC1(C)CNC1.O=COCc1ccccc1. The minimum atomic E-state index is 0.153. The van der Waals surface area contributed by atoms with E-state index in [0.717, 1.165) is 18.7 Å². The Kier molecular flexibility index (Phi) is 5.66. The van der Waals surface area contributed by atoms with Crippen LogP contribution in [-0.4, -0.2) is 32.3 Å². The van der Waals surface area contributed by atoms with Crippen molar-refractivity contribution in [3.05, 3.63) is 35.9 Å². The fourth-order valence-electron chi connectivity index (χ4n) is 1.33. The highest BCUT2D eigenvalue weighted by Crippen LogP contribution is 2.12. The van der Waals surface area contributed by atoms with Crippen LogP contribution in [-0.2, 0) is 20.9 Å². The lowest BCUT2D eigenvalue weighted by Gasteiger charge is -2.37. The molecule has 0 aliphatic carbocycles. The van der Waals surface area contributed by atoms with Crippen LogP contribution in [0.3, 0.4) is 0 Å². The van der Waals surface area contributed by atoms with Gasteiger partial charge < -0.3 is 14.8 Å². The highest BCUT2D eigenvalue weighted by atomic mass is 16.5. The molecule has 0 unspecified atom stereocenters. The average Bonchev–Trinajstić information content (AvgIpc) is 2.35. The molecule has 0 bridgehead atoms. The maximum Gasteiger partial charge on any atom is 0.293 e. The molecule has 0 amide bonds. The van der Waals surface area contributed by atoms with Crippen LogP contribution in [0, 0.1) is 0 Å². The number of hydrogen-bond donors (Lipinski definition) is 1. The third kappa shape index (κ3) is 4.97. The molecule has 1 heterocycles. The fourth-order valence-corrected chi connectivity index (χ4v) is 1.33. The summed E-state index contributed by atoms with van der Waals surface area (Å²) in [5, 5.41) is 3.13. The van der Waals surface area contributed by atoms with Crippen LogP contribution in [0.2, 0.25) is 0 Å². The van der Waals surface area contributed by atoms with Gasteiger partial charge in [-0.25, -0.2) is 0 Å². The third-order valence-electron chi connectivity index (χ3n) is 2.65. The van der Waals surface area contributed by atoms with Gasteiger partial charge in [0.15, 0.2) is 0 Å². The number of benzene rings is 1. The van der Waals surface area contributed by atoms with Gasteiger partial charge in [-0.15, -0.1) is 0 Å². The molecule has 1 aromatic carbocycles. The Balaban J connectivity index is 0.000000181. The number of ether oxygens (including phenoxy) is 2. The Bertz CT molecular complexity index is 317. The summed E-state index contributed by atoms with van der Waals surface area (Å²) >= 11 is 0. The van der Waals surface area contributed by atoms with Crippen LogP contribution in [0.15, 0.2) is 30.3 Å². The van der Waals surface area contributed by atoms with Gasteiger partial charge in [0.2, 0.25) is 0 Å². The first-order chi connectivity index (χ1) is 8.20.